The Morgan fingerprint density at radius 2 is 2.13 bits per heavy atom. The van der Waals surface area contributed by atoms with Crippen LogP contribution in [0.5, 0.6) is 0 Å². The lowest BCUT2D eigenvalue weighted by Gasteiger charge is -2.13. The van der Waals surface area contributed by atoms with Crippen LogP contribution in [0, 0.1) is 13.8 Å². The Labute approximate surface area is 90.2 Å². The van der Waals surface area contributed by atoms with Crippen LogP contribution in [0.2, 0.25) is 0 Å². The highest BCUT2D eigenvalue weighted by atomic mass is 16.5. The number of aryl methyl sites for hydroxylation is 2. The molecule has 0 aliphatic rings. The summed E-state index contributed by atoms with van der Waals surface area (Å²) in [6, 6.07) is 5.75. The maximum atomic E-state index is 11.1. The van der Waals surface area contributed by atoms with Gasteiger partial charge in [-0.15, -0.1) is 0 Å². The van der Waals surface area contributed by atoms with E-state index in [4.69, 9.17) is 5.73 Å². The summed E-state index contributed by atoms with van der Waals surface area (Å²) in [6.07, 6.45) is 0.223. The van der Waals surface area contributed by atoms with Crippen molar-refractivity contribution in [1.29, 1.82) is 0 Å². The lowest BCUT2D eigenvalue weighted by atomic mass is 9.98. The van der Waals surface area contributed by atoms with E-state index in [0.717, 1.165) is 11.1 Å². The number of nitrogens with two attached hydrogens (primary N) is 1. The first-order valence-corrected chi connectivity index (χ1v) is 4.94. The van der Waals surface area contributed by atoms with Crippen LogP contribution in [-0.2, 0) is 9.53 Å². The summed E-state index contributed by atoms with van der Waals surface area (Å²) in [7, 11) is 1.37. The summed E-state index contributed by atoms with van der Waals surface area (Å²) in [5.74, 6) is -0.275. The van der Waals surface area contributed by atoms with Crippen LogP contribution in [0.1, 0.15) is 29.2 Å². The predicted octanol–water partition coefficient (Wildman–Crippen LogP) is 1.87. The van der Waals surface area contributed by atoms with Gasteiger partial charge in [0.2, 0.25) is 0 Å². The first kappa shape index (κ1) is 11.7. The zero-order chi connectivity index (χ0) is 11.4. The third-order valence-corrected chi connectivity index (χ3v) is 2.44. The molecule has 0 aromatic heterocycles. The maximum Gasteiger partial charge on any atom is 0.307 e. The molecule has 0 spiro atoms. The number of methoxy groups -OCH3 is 1. The van der Waals surface area contributed by atoms with Gasteiger partial charge in [-0.25, -0.2) is 0 Å². The molecule has 1 aromatic carbocycles. The summed E-state index contributed by atoms with van der Waals surface area (Å²) in [5, 5.41) is 0. The van der Waals surface area contributed by atoms with Gasteiger partial charge >= 0.3 is 5.97 Å². The van der Waals surface area contributed by atoms with E-state index in [-0.39, 0.29) is 18.4 Å². The van der Waals surface area contributed by atoms with E-state index in [1.54, 1.807) is 0 Å². The average molecular weight is 207 g/mol. The maximum absolute atomic E-state index is 11.1. The Hall–Kier alpha value is -1.35. The number of carbonyl (C=O) groups excluding carboxylic acids is 1. The SMILES string of the molecule is COC(=O)C[C@@H](N)c1ccc(C)cc1C. The van der Waals surface area contributed by atoms with Crippen molar-refractivity contribution in [3.05, 3.63) is 34.9 Å². The number of hydrogen-bond donors (Lipinski definition) is 1. The molecule has 15 heavy (non-hydrogen) atoms. The number of esters is 1. The first-order valence-electron chi connectivity index (χ1n) is 4.94. The molecule has 0 radical (unpaired) electrons. The van der Waals surface area contributed by atoms with Crippen LogP contribution in [0.15, 0.2) is 18.2 Å². The molecule has 3 nitrogen and oxygen atoms in total. The summed E-state index contributed by atoms with van der Waals surface area (Å²) < 4.78 is 4.59. The highest BCUT2D eigenvalue weighted by Gasteiger charge is 2.13. The largest absolute Gasteiger partial charge is 0.469 e. The van der Waals surface area contributed by atoms with Gasteiger partial charge in [0.15, 0.2) is 0 Å². The molecule has 3 heteroatoms. The number of hydrogen-bond acceptors (Lipinski definition) is 3. The molecule has 0 heterocycles. The quantitative estimate of drug-likeness (QED) is 0.770. The van der Waals surface area contributed by atoms with E-state index in [1.807, 2.05) is 26.0 Å². The van der Waals surface area contributed by atoms with E-state index in [2.05, 4.69) is 10.8 Å². The molecule has 82 valence electrons. The Kier molecular flexibility index (Phi) is 3.86. The smallest absolute Gasteiger partial charge is 0.307 e. The molecular formula is C12H17NO2. The summed E-state index contributed by atoms with van der Waals surface area (Å²) in [4.78, 5) is 11.1. The fourth-order valence-electron chi connectivity index (χ4n) is 1.61. The molecule has 0 bridgehead atoms. The second kappa shape index (κ2) is 4.94. The zero-order valence-corrected chi connectivity index (χ0v) is 9.41. The number of rotatable bonds is 3. The third-order valence-electron chi connectivity index (χ3n) is 2.44. The molecule has 0 aliphatic heterocycles. The van der Waals surface area contributed by atoms with Gasteiger partial charge < -0.3 is 10.5 Å². The summed E-state index contributed by atoms with van der Waals surface area (Å²) in [5.41, 5.74) is 9.24. The molecule has 0 aliphatic carbocycles. The molecule has 0 amide bonds. The summed E-state index contributed by atoms with van der Waals surface area (Å²) >= 11 is 0. The van der Waals surface area contributed by atoms with Gasteiger partial charge in [-0.05, 0) is 25.0 Å². The van der Waals surface area contributed by atoms with Crippen molar-refractivity contribution in [3.8, 4) is 0 Å². The highest BCUT2D eigenvalue weighted by molar-refractivity contribution is 5.70. The third kappa shape index (κ3) is 3.06. The van der Waals surface area contributed by atoms with Crippen LogP contribution in [-0.4, -0.2) is 13.1 Å². The zero-order valence-electron chi connectivity index (χ0n) is 9.41. The van der Waals surface area contributed by atoms with Gasteiger partial charge in [0.05, 0.1) is 13.5 Å². The number of benzene rings is 1. The van der Waals surface area contributed by atoms with Gasteiger partial charge in [0, 0.05) is 6.04 Å². The fraction of sp³-hybridized carbons (Fsp3) is 0.417. The molecule has 0 fully saturated rings. The average Bonchev–Trinajstić information content (AvgIpc) is 2.17. The summed E-state index contributed by atoms with van der Waals surface area (Å²) in [6.45, 7) is 4.03. The highest BCUT2D eigenvalue weighted by Crippen LogP contribution is 2.19. The standard InChI is InChI=1S/C12H17NO2/c1-8-4-5-10(9(2)6-8)11(13)7-12(14)15-3/h4-6,11H,7,13H2,1-3H3/t11-/m1/s1. The van der Waals surface area contributed by atoms with E-state index < -0.39 is 0 Å². The normalized spacial score (nSPS) is 12.3. The van der Waals surface area contributed by atoms with E-state index in [9.17, 15) is 4.79 Å². The van der Waals surface area contributed by atoms with Crippen molar-refractivity contribution >= 4 is 5.97 Å². The Morgan fingerprint density at radius 1 is 1.47 bits per heavy atom. The second-order valence-electron chi connectivity index (χ2n) is 3.75. The van der Waals surface area contributed by atoms with Crippen LogP contribution in [0.25, 0.3) is 0 Å². The Balaban J connectivity index is 2.82. The van der Waals surface area contributed by atoms with Crippen LogP contribution < -0.4 is 5.73 Å². The van der Waals surface area contributed by atoms with Crippen molar-refractivity contribution < 1.29 is 9.53 Å². The molecular weight excluding hydrogens is 190 g/mol. The molecule has 0 saturated carbocycles. The van der Waals surface area contributed by atoms with Gasteiger partial charge in [-0.3, -0.25) is 4.79 Å². The van der Waals surface area contributed by atoms with Crippen molar-refractivity contribution in [2.75, 3.05) is 7.11 Å². The molecule has 0 saturated heterocycles. The number of ether oxygens (including phenoxy) is 1. The minimum Gasteiger partial charge on any atom is -0.469 e. The van der Waals surface area contributed by atoms with E-state index in [0.29, 0.717) is 0 Å². The Bertz CT molecular complexity index is 361. The van der Waals surface area contributed by atoms with Crippen LogP contribution in [0.4, 0.5) is 0 Å². The van der Waals surface area contributed by atoms with Crippen LogP contribution in [0.3, 0.4) is 0 Å². The first-order chi connectivity index (χ1) is 7.04. The topological polar surface area (TPSA) is 52.3 Å². The van der Waals surface area contributed by atoms with Crippen LogP contribution >= 0.6 is 0 Å². The van der Waals surface area contributed by atoms with Crippen molar-refractivity contribution in [2.45, 2.75) is 26.3 Å². The lowest BCUT2D eigenvalue weighted by Crippen LogP contribution is -2.17. The van der Waals surface area contributed by atoms with Crippen molar-refractivity contribution in [1.82, 2.24) is 0 Å². The van der Waals surface area contributed by atoms with Gasteiger partial charge in [-0.1, -0.05) is 23.8 Å². The predicted molar refractivity (Wildman–Crippen MR) is 59.5 cm³/mol. The molecule has 0 unspecified atom stereocenters. The lowest BCUT2D eigenvalue weighted by molar-refractivity contribution is -0.141. The van der Waals surface area contributed by atoms with Crippen molar-refractivity contribution in [3.63, 3.8) is 0 Å². The minimum atomic E-state index is -0.280. The van der Waals surface area contributed by atoms with E-state index >= 15 is 0 Å². The van der Waals surface area contributed by atoms with Crippen molar-refractivity contribution in [2.24, 2.45) is 5.73 Å². The monoisotopic (exact) mass is 207 g/mol. The molecule has 1 atom stereocenters. The van der Waals surface area contributed by atoms with E-state index in [1.165, 1.54) is 12.7 Å². The molecule has 1 aromatic rings. The van der Waals surface area contributed by atoms with Gasteiger partial charge in [-0.2, -0.15) is 0 Å². The number of carbonyl (C=O) groups is 1. The fourth-order valence-corrected chi connectivity index (χ4v) is 1.61. The molecule has 2 N–H and O–H groups in total. The minimum absolute atomic E-state index is 0.223. The second-order valence-corrected chi connectivity index (χ2v) is 3.75. The van der Waals surface area contributed by atoms with Gasteiger partial charge in [0.25, 0.3) is 0 Å². The Morgan fingerprint density at radius 3 is 2.67 bits per heavy atom. The molecule has 1 rings (SSSR count). The van der Waals surface area contributed by atoms with Gasteiger partial charge in [0.1, 0.15) is 0 Å².